The number of carbonyl (C=O) groups excluding carboxylic acids is 1. The minimum Gasteiger partial charge on any atom is -0.443 e. The number of alkyl carbamates (subject to hydrolysis) is 1. The van der Waals surface area contributed by atoms with Crippen LogP contribution in [0.25, 0.3) is 0 Å². The summed E-state index contributed by atoms with van der Waals surface area (Å²) >= 11 is 0. The largest absolute Gasteiger partial charge is 0.443 e. The van der Waals surface area contributed by atoms with E-state index in [4.69, 9.17) is 10.8 Å². The predicted octanol–water partition coefficient (Wildman–Crippen LogP) is 1.76. The third-order valence-corrected chi connectivity index (χ3v) is 2.42. The number of aromatic amines is 1. The lowest BCUT2D eigenvalue weighted by Crippen LogP contribution is -2.42. The maximum atomic E-state index is 11.8. The van der Waals surface area contributed by atoms with Gasteiger partial charge in [-0.15, -0.1) is 0 Å². The molecule has 0 aromatic carbocycles. The molecule has 0 bridgehead atoms. The van der Waals surface area contributed by atoms with Gasteiger partial charge in [0.2, 0.25) is 0 Å². The summed E-state index contributed by atoms with van der Waals surface area (Å²) in [5, 5.41) is 9.20. The zero-order chi connectivity index (χ0) is 14.1. The summed E-state index contributed by atoms with van der Waals surface area (Å²) in [5.41, 5.74) is 0.105. The molecule has 1 aromatic rings. The fourth-order valence-corrected chi connectivity index (χ4v) is 1.72. The third kappa shape index (κ3) is 3.22. The van der Waals surface area contributed by atoms with Gasteiger partial charge >= 0.3 is 6.09 Å². The van der Waals surface area contributed by atoms with Crippen molar-refractivity contribution in [3.63, 3.8) is 0 Å². The maximum Gasteiger partial charge on any atom is 0.407 e. The van der Waals surface area contributed by atoms with Gasteiger partial charge in [-0.2, -0.15) is 5.10 Å². The second kappa shape index (κ2) is 4.97. The van der Waals surface area contributed by atoms with E-state index in [0.29, 0.717) is 18.7 Å². The quantitative estimate of drug-likeness (QED) is 0.843. The lowest BCUT2D eigenvalue weighted by molar-refractivity contribution is 0.0207. The Bertz CT molecular complexity index is 444. The van der Waals surface area contributed by atoms with Gasteiger partial charge in [0.25, 0.3) is 0 Å². The number of nitrogens with one attached hydrogen (secondary N) is 2. The first-order chi connectivity index (χ1) is 8.81. The standard InChI is InChI=1S/C12H19N3O3/c1-12(2,3)14-11(16)18-9-5-7-17-10(9)8-4-6-13-15-8/h4,6,9-10H,5,7H2,1-3H3,(H,13,15)(H,14,16)/i10D. The Morgan fingerprint density at radius 3 is 3.11 bits per heavy atom. The average molecular weight is 254 g/mol. The van der Waals surface area contributed by atoms with Crippen LogP contribution in [-0.4, -0.2) is 34.5 Å². The summed E-state index contributed by atoms with van der Waals surface area (Å²) < 4.78 is 19.1. The minimum absolute atomic E-state index is 0.371. The summed E-state index contributed by atoms with van der Waals surface area (Å²) in [6.07, 6.45) is -0.583. The molecule has 1 fully saturated rings. The van der Waals surface area contributed by atoms with Gasteiger partial charge in [0.1, 0.15) is 12.2 Å². The highest BCUT2D eigenvalue weighted by molar-refractivity contribution is 5.68. The van der Waals surface area contributed by atoms with E-state index in [-0.39, 0.29) is 5.54 Å². The van der Waals surface area contributed by atoms with Crippen molar-refractivity contribution in [2.75, 3.05) is 6.61 Å². The lowest BCUT2D eigenvalue weighted by Gasteiger charge is -2.23. The number of rotatable bonds is 2. The van der Waals surface area contributed by atoms with Crippen LogP contribution in [0.15, 0.2) is 12.3 Å². The number of hydrogen-bond donors (Lipinski definition) is 2. The van der Waals surface area contributed by atoms with Gasteiger partial charge in [-0.05, 0) is 26.8 Å². The van der Waals surface area contributed by atoms with Crippen molar-refractivity contribution >= 4 is 6.09 Å². The predicted molar refractivity (Wildman–Crippen MR) is 65.1 cm³/mol. The highest BCUT2D eigenvalue weighted by atomic mass is 16.6. The Morgan fingerprint density at radius 1 is 1.72 bits per heavy atom. The van der Waals surface area contributed by atoms with Gasteiger partial charge in [-0.1, -0.05) is 0 Å². The fourth-order valence-electron chi connectivity index (χ4n) is 1.72. The molecule has 1 aliphatic heterocycles. The zero-order valence-electron chi connectivity index (χ0n) is 11.8. The molecular formula is C12H19N3O3. The molecule has 6 nitrogen and oxygen atoms in total. The molecule has 1 aromatic heterocycles. The van der Waals surface area contributed by atoms with Gasteiger partial charge in [0.15, 0.2) is 0 Å². The van der Waals surface area contributed by atoms with Crippen molar-refractivity contribution in [2.24, 2.45) is 0 Å². The number of carbonyl (C=O) groups is 1. The molecule has 1 saturated heterocycles. The van der Waals surface area contributed by atoms with Crippen molar-refractivity contribution in [3.05, 3.63) is 18.0 Å². The van der Waals surface area contributed by atoms with Crippen LogP contribution in [0.5, 0.6) is 0 Å². The number of ether oxygens (including phenoxy) is 2. The van der Waals surface area contributed by atoms with Gasteiger partial charge in [0, 0.05) is 18.2 Å². The van der Waals surface area contributed by atoms with Crippen LogP contribution in [-0.2, 0) is 9.47 Å². The van der Waals surface area contributed by atoms with Crippen LogP contribution in [0.2, 0.25) is 0 Å². The van der Waals surface area contributed by atoms with Gasteiger partial charge < -0.3 is 14.8 Å². The SMILES string of the molecule is [2H]C1(c2ccn[nH]2)OCCC1OC(=O)NC(C)(C)C. The summed E-state index contributed by atoms with van der Waals surface area (Å²) in [7, 11) is 0. The van der Waals surface area contributed by atoms with E-state index >= 15 is 0 Å². The normalized spacial score (nSPS) is 28.8. The van der Waals surface area contributed by atoms with Crippen molar-refractivity contribution in [2.45, 2.75) is 44.9 Å². The van der Waals surface area contributed by atoms with Crippen molar-refractivity contribution in [1.29, 1.82) is 0 Å². The fraction of sp³-hybridized carbons (Fsp3) is 0.667. The average Bonchev–Trinajstić information content (AvgIpc) is 2.87. The van der Waals surface area contributed by atoms with Gasteiger partial charge in [-0.3, -0.25) is 5.10 Å². The summed E-state index contributed by atoms with van der Waals surface area (Å²) in [5.74, 6) is 0. The van der Waals surface area contributed by atoms with Crippen molar-refractivity contribution in [1.82, 2.24) is 15.5 Å². The zero-order valence-corrected chi connectivity index (χ0v) is 10.8. The first-order valence-electron chi connectivity index (χ1n) is 6.44. The molecule has 18 heavy (non-hydrogen) atoms. The van der Waals surface area contributed by atoms with E-state index in [2.05, 4.69) is 15.5 Å². The molecule has 0 saturated carbocycles. The topological polar surface area (TPSA) is 76.2 Å². The monoisotopic (exact) mass is 254 g/mol. The molecule has 6 heteroatoms. The molecule has 0 radical (unpaired) electrons. The highest BCUT2D eigenvalue weighted by Crippen LogP contribution is 2.30. The van der Waals surface area contributed by atoms with Crippen molar-refractivity contribution < 1.29 is 15.6 Å². The second-order valence-corrected chi connectivity index (χ2v) is 5.24. The van der Waals surface area contributed by atoms with Crippen LogP contribution < -0.4 is 5.32 Å². The molecule has 100 valence electrons. The molecule has 2 rings (SSSR count). The van der Waals surface area contributed by atoms with Crippen LogP contribution in [0.4, 0.5) is 4.79 Å². The number of hydrogen-bond acceptors (Lipinski definition) is 4. The summed E-state index contributed by atoms with van der Waals surface area (Å²) in [6.45, 7) is 5.96. The lowest BCUT2D eigenvalue weighted by atomic mass is 10.1. The Labute approximate surface area is 107 Å². The van der Waals surface area contributed by atoms with E-state index in [9.17, 15) is 4.79 Å². The number of aromatic nitrogens is 2. The van der Waals surface area contributed by atoms with Gasteiger partial charge in [0.05, 0.1) is 13.7 Å². The van der Waals surface area contributed by atoms with Crippen LogP contribution in [0.1, 0.15) is 40.3 Å². The third-order valence-electron chi connectivity index (χ3n) is 2.42. The molecule has 0 spiro atoms. The molecular weight excluding hydrogens is 234 g/mol. The molecule has 0 aliphatic carbocycles. The van der Waals surface area contributed by atoms with E-state index in [1.807, 2.05) is 20.8 Å². The van der Waals surface area contributed by atoms with Crippen LogP contribution in [0.3, 0.4) is 0 Å². The van der Waals surface area contributed by atoms with Crippen LogP contribution in [0, 0.1) is 0 Å². The summed E-state index contributed by atoms with van der Waals surface area (Å²) in [6, 6.07) is 1.65. The molecule has 2 atom stereocenters. The number of nitrogens with zero attached hydrogens (tertiary/aromatic N) is 1. The minimum atomic E-state index is -1.41. The van der Waals surface area contributed by atoms with E-state index < -0.39 is 18.3 Å². The van der Waals surface area contributed by atoms with Crippen molar-refractivity contribution in [3.8, 4) is 0 Å². The maximum absolute atomic E-state index is 11.8. The first-order valence-corrected chi connectivity index (χ1v) is 5.94. The Balaban J connectivity index is 2.06. The number of amides is 1. The van der Waals surface area contributed by atoms with E-state index in [1.54, 1.807) is 12.3 Å². The first kappa shape index (κ1) is 11.5. The van der Waals surface area contributed by atoms with Gasteiger partial charge in [-0.25, -0.2) is 4.79 Å². The Morgan fingerprint density at radius 2 is 2.50 bits per heavy atom. The molecule has 2 heterocycles. The molecule has 1 amide bonds. The summed E-state index contributed by atoms with van der Waals surface area (Å²) in [4.78, 5) is 11.8. The van der Waals surface area contributed by atoms with E-state index in [0.717, 1.165) is 0 Å². The second-order valence-electron chi connectivity index (χ2n) is 5.24. The van der Waals surface area contributed by atoms with Crippen LogP contribution >= 0.6 is 0 Å². The smallest absolute Gasteiger partial charge is 0.407 e. The molecule has 2 unspecified atom stereocenters. The molecule has 1 aliphatic rings. The number of H-pyrrole nitrogens is 1. The highest BCUT2D eigenvalue weighted by Gasteiger charge is 2.34. The Kier molecular flexibility index (Phi) is 3.19. The molecule has 2 N–H and O–H groups in total. The van der Waals surface area contributed by atoms with E-state index in [1.165, 1.54) is 0 Å². The Hall–Kier alpha value is -1.56.